The zero-order chi connectivity index (χ0) is 15.0. The summed E-state index contributed by atoms with van der Waals surface area (Å²) in [4.78, 5) is 2.57. The van der Waals surface area contributed by atoms with E-state index in [2.05, 4.69) is 72.0 Å². The Morgan fingerprint density at radius 1 is 1.25 bits per heavy atom. The standard InChI is InChI=1S/C17H29BrN2/c1-5-8-11-20(14(4)6-2)17-12-16(18)10-9-15(17)13-19-7-3/h9-10,12,14,19H,5-8,11,13H2,1-4H3. The van der Waals surface area contributed by atoms with Gasteiger partial charge in [0.2, 0.25) is 0 Å². The van der Waals surface area contributed by atoms with Crippen molar-refractivity contribution >= 4 is 21.6 Å². The van der Waals surface area contributed by atoms with Crippen LogP contribution >= 0.6 is 15.9 Å². The van der Waals surface area contributed by atoms with E-state index in [0.717, 1.165) is 24.1 Å². The van der Waals surface area contributed by atoms with E-state index in [-0.39, 0.29) is 0 Å². The normalized spacial score (nSPS) is 12.4. The molecule has 0 aliphatic rings. The lowest BCUT2D eigenvalue weighted by molar-refractivity contribution is 0.591. The predicted octanol–water partition coefficient (Wildman–Crippen LogP) is 4.96. The van der Waals surface area contributed by atoms with Crippen molar-refractivity contribution in [1.29, 1.82) is 0 Å². The summed E-state index contributed by atoms with van der Waals surface area (Å²) in [6, 6.07) is 7.24. The highest BCUT2D eigenvalue weighted by Crippen LogP contribution is 2.28. The fourth-order valence-corrected chi connectivity index (χ4v) is 2.69. The number of anilines is 1. The third-order valence-corrected chi connectivity index (χ3v) is 4.29. The highest BCUT2D eigenvalue weighted by molar-refractivity contribution is 9.10. The molecule has 0 aliphatic heterocycles. The molecule has 0 saturated carbocycles. The Hall–Kier alpha value is -0.540. The second kappa shape index (κ2) is 9.41. The minimum absolute atomic E-state index is 0.580. The number of benzene rings is 1. The molecule has 0 bridgehead atoms. The molecule has 0 saturated heterocycles. The summed E-state index contributed by atoms with van der Waals surface area (Å²) in [5, 5.41) is 3.45. The van der Waals surface area contributed by atoms with E-state index in [1.165, 1.54) is 30.5 Å². The van der Waals surface area contributed by atoms with E-state index in [1.54, 1.807) is 0 Å². The van der Waals surface area contributed by atoms with Gasteiger partial charge < -0.3 is 10.2 Å². The lowest BCUT2D eigenvalue weighted by Crippen LogP contribution is -2.34. The first-order chi connectivity index (χ1) is 9.63. The van der Waals surface area contributed by atoms with E-state index in [1.807, 2.05) is 0 Å². The van der Waals surface area contributed by atoms with Crippen molar-refractivity contribution in [2.75, 3.05) is 18.0 Å². The van der Waals surface area contributed by atoms with Crippen LogP contribution in [0.1, 0.15) is 52.5 Å². The number of nitrogens with zero attached hydrogens (tertiary/aromatic N) is 1. The third-order valence-electron chi connectivity index (χ3n) is 3.80. The van der Waals surface area contributed by atoms with Gasteiger partial charge in [-0.15, -0.1) is 0 Å². The van der Waals surface area contributed by atoms with Gasteiger partial charge >= 0.3 is 0 Å². The van der Waals surface area contributed by atoms with Crippen LogP contribution in [0.4, 0.5) is 5.69 Å². The molecule has 0 radical (unpaired) electrons. The van der Waals surface area contributed by atoms with Crippen molar-refractivity contribution in [3.05, 3.63) is 28.2 Å². The first kappa shape index (κ1) is 17.5. The second-order valence-corrected chi connectivity index (χ2v) is 6.27. The van der Waals surface area contributed by atoms with Crippen LogP contribution in [0.25, 0.3) is 0 Å². The van der Waals surface area contributed by atoms with Crippen LogP contribution in [0, 0.1) is 0 Å². The lowest BCUT2D eigenvalue weighted by atomic mass is 10.1. The summed E-state index contributed by atoms with van der Waals surface area (Å²) in [7, 11) is 0. The van der Waals surface area contributed by atoms with Crippen molar-refractivity contribution in [3.8, 4) is 0 Å². The summed E-state index contributed by atoms with van der Waals surface area (Å²) in [6.45, 7) is 12.1. The van der Waals surface area contributed by atoms with Gasteiger partial charge in [0.1, 0.15) is 0 Å². The van der Waals surface area contributed by atoms with E-state index in [0.29, 0.717) is 6.04 Å². The van der Waals surface area contributed by atoms with Crippen molar-refractivity contribution < 1.29 is 0 Å². The molecule has 2 nitrogen and oxygen atoms in total. The van der Waals surface area contributed by atoms with Gasteiger partial charge in [-0.2, -0.15) is 0 Å². The van der Waals surface area contributed by atoms with Gasteiger partial charge in [-0.3, -0.25) is 0 Å². The van der Waals surface area contributed by atoms with Crippen LogP contribution in [0.2, 0.25) is 0 Å². The Bertz CT molecular complexity index is 393. The van der Waals surface area contributed by atoms with Crippen LogP contribution < -0.4 is 10.2 Å². The van der Waals surface area contributed by atoms with E-state index >= 15 is 0 Å². The molecular weight excluding hydrogens is 312 g/mol. The van der Waals surface area contributed by atoms with Gasteiger partial charge in [-0.25, -0.2) is 0 Å². The van der Waals surface area contributed by atoms with Crippen LogP contribution in [0.5, 0.6) is 0 Å². The lowest BCUT2D eigenvalue weighted by Gasteiger charge is -2.33. The van der Waals surface area contributed by atoms with Gasteiger partial charge in [0, 0.05) is 29.3 Å². The Labute approximate surface area is 133 Å². The fourth-order valence-electron chi connectivity index (χ4n) is 2.34. The number of rotatable bonds is 9. The highest BCUT2D eigenvalue weighted by Gasteiger charge is 2.16. The molecule has 0 aromatic heterocycles. The SMILES string of the molecule is CCCCN(c1cc(Br)ccc1CNCC)C(C)CC. The Balaban J connectivity index is 3.04. The van der Waals surface area contributed by atoms with Crippen molar-refractivity contribution in [2.24, 2.45) is 0 Å². The summed E-state index contributed by atoms with van der Waals surface area (Å²) in [6.07, 6.45) is 3.66. The molecule has 1 aromatic rings. The fraction of sp³-hybridized carbons (Fsp3) is 0.647. The molecule has 0 amide bonds. The topological polar surface area (TPSA) is 15.3 Å². The molecule has 1 unspecified atom stereocenters. The molecule has 1 aromatic carbocycles. The average Bonchev–Trinajstić information content (AvgIpc) is 2.46. The monoisotopic (exact) mass is 340 g/mol. The number of hydrogen-bond acceptors (Lipinski definition) is 2. The maximum absolute atomic E-state index is 3.62. The van der Waals surface area contributed by atoms with Gasteiger partial charge in [0.15, 0.2) is 0 Å². The first-order valence-corrected chi connectivity index (χ1v) is 8.69. The molecule has 0 spiro atoms. The van der Waals surface area contributed by atoms with Crippen molar-refractivity contribution in [1.82, 2.24) is 5.32 Å². The maximum atomic E-state index is 3.62. The summed E-state index contributed by atoms with van der Waals surface area (Å²) in [5.41, 5.74) is 2.77. The summed E-state index contributed by atoms with van der Waals surface area (Å²) >= 11 is 3.62. The molecule has 1 rings (SSSR count). The van der Waals surface area contributed by atoms with Gasteiger partial charge in [0.25, 0.3) is 0 Å². The molecule has 0 heterocycles. The van der Waals surface area contributed by atoms with Crippen LogP contribution in [0.3, 0.4) is 0 Å². The van der Waals surface area contributed by atoms with E-state index in [9.17, 15) is 0 Å². The van der Waals surface area contributed by atoms with Crippen LogP contribution in [-0.2, 0) is 6.54 Å². The molecule has 1 atom stereocenters. The Morgan fingerprint density at radius 2 is 2.00 bits per heavy atom. The van der Waals surface area contributed by atoms with Crippen molar-refractivity contribution in [3.63, 3.8) is 0 Å². The quantitative estimate of drug-likeness (QED) is 0.683. The van der Waals surface area contributed by atoms with Crippen LogP contribution in [0.15, 0.2) is 22.7 Å². The molecule has 0 aliphatic carbocycles. The average molecular weight is 341 g/mol. The largest absolute Gasteiger partial charge is 0.369 e. The number of halogens is 1. The van der Waals surface area contributed by atoms with Gasteiger partial charge in [-0.1, -0.05) is 49.2 Å². The van der Waals surface area contributed by atoms with E-state index in [4.69, 9.17) is 0 Å². The van der Waals surface area contributed by atoms with Crippen molar-refractivity contribution in [2.45, 2.75) is 59.5 Å². The molecule has 1 N–H and O–H groups in total. The number of hydrogen-bond donors (Lipinski definition) is 1. The Morgan fingerprint density at radius 3 is 2.60 bits per heavy atom. The highest BCUT2D eigenvalue weighted by atomic mass is 79.9. The zero-order valence-corrected chi connectivity index (χ0v) is 15.0. The molecule has 20 heavy (non-hydrogen) atoms. The number of unbranched alkanes of at least 4 members (excludes halogenated alkanes) is 1. The maximum Gasteiger partial charge on any atom is 0.0425 e. The molecule has 3 heteroatoms. The minimum Gasteiger partial charge on any atom is -0.369 e. The van der Waals surface area contributed by atoms with Gasteiger partial charge in [-0.05, 0) is 44.0 Å². The smallest absolute Gasteiger partial charge is 0.0425 e. The summed E-state index contributed by atoms with van der Waals surface area (Å²) < 4.78 is 1.16. The third kappa shape index (κ3) is 5.10. The molecule has 114 valence electrons. The van der Waals surface area contributed by atoms with Crippen LogP contribution in [-0.4, -0.2) is 19.1 Å². The number of nitrogens with one attached hydrogen (secondary N) is 1. The zero-order valence-electron chi connectivity index (χ0n) is 13.4. The Kier molecular flexibility index (Phi) is 8.24. The molecular formula is C17H29BrN2. The minimum atomic E-state index is 0.580. The summed E-state index contributed by atoms with van der Waals surface area (Å²) in [5.74, 6) is 0. The van der Waals surface area contributed by atoms with Gasteiger partial charge in [0.05, 0.1) is 0 Å². The second-order valence-electron chi connectivity index (χ2n) is 5.36. The first-order valence-electron chi connectivity index (χ1n) is 7.89. The molecule has 0 fully saturated rings. The predicted molar refractivity (Wildman–Crippen MR) is 93.5 cm³/mol. The van der Waals surface area contributed by atoms with E-state index < -0.39 is 0 Å².